The van der Waals surface area contributed by atoms with E-state index in [0.29, 0.717) is 49.8 Å². The summed E-state index contributed by atoms with van der Waals surface area (Å²) < 4.78 is 15.0. The van der Waals surface area contributed by atoms with Crippen LogP contribution in [0.5, 0.6) is 11.5 Å². The van der Waals surface area contributed by atoms with E-state index in [9.17, 15) is 4.79 Å². The number of aromatic nitrogens is 2. The summed E-state index contributed by atoms with van der Waals surface area (Å²) in [4.78, 5) is 24.8. The van der Waals surface area contributed by atoms with Crippen molar-refractivity contribution >= 4 is 5.69 Å². The minimum atomic E-state index is -0.105. The van der Waals surface area contributed by atoms with Gasteiger partial charge in [-0.05, 0) is 68.5 Å². The zero-order valence-electron chi connectivity index (χ0n) is 24.5. The van der Waals surface area contributed by atoms with E-state index in [4.69, 9.17) is 19.3 Å². The van der Waals surface area contributed by atoms with E-state index in [1.807, 2.05) is 60.0 Å². The average Bonchev–Trinajstić information content (AvgIpc) is 2.96. The predicted octanol–water partition coefficient (Wildman–Crippen LogP) is 5.16. The van der Waals surface area contributed by atoms with Gasteiger partial charge in [-0.15, -0.1) is 0 Å². The molecule has 0 aliphatic carbocycles. The fraction of sp³-hybridized carbons (Fsp3) is 0.333. The molecular weight excluding hydrogens is 516 g/mol. The molecule has 1 aliphatic rings. The van der Waals surface area contributed by atoms with Gasteiger partial charge in [0.25, 0.3) is 0 Å². The highest BCUT2D eigenvalue weighted by atomic mass is 16.6. The number of hydrogen-bond acceptors (Lipinski definition) is 6. The molecule has 0 atom stereocenters. The largest absolute Gasteiger partial charge is 0.493 e. The molecule has 1 aromatic heterocycles. The number of nitrogens with one attached hydrogen (secondary N) is 1. The third kappa shape index (κ3) is 6.14. The van der Waals surface area contributed by atoms with Crippen LogP contribution in [-0.4, -0.2) is 29.4 Å². The van der Waals surface area contributed by atoms with E-state index in [-0.39, 0.29) is 5.69 Å². The van der Waals surface area contributed by atoms with Crippen molar-refractivity contribution in [3.05, 3.63) is 104 Å². The average molecular weight is 555 g/mol. The van der Waals surface area contributed by atoms with Crippen LogP contribution in [-0.2, 0) is 31.0 Å². The zero-order valence-corrected chi connectivity index (χ0v) is 24.5. The molecule has 2 heterocycles. The summed E-state index contributed by atoms with van der Waals surface area (Å²) in [5.74, 6) is 1.36. The lowest BCUT2D eigenvalue weighted by atomic mass is 9.97. The van der Waals surface area contributed by atoms with Crippen molar-refractivity contribution in [3.8, 4) is 22.8 Å². The van der Waals surface area contributed by atoms with E-state index in [2.05, 4.69) is 38.4 Å². The summed E-state index contributed by atoms with van der Waals surface area (Å²) >= 11 is 0. The third-order valence-corrected chi connectivity index (χ3v) is 7.35. The minimum Gasteiger partial charge on any atom is -0.493 e. The predicted molar refractivity (Wildman–Crippen MR) is 161 cm³/mol. The molecule has 4 aromatic rings. The number of hydrogen-bond donors (Lipinski definition) is 1. The maximum atomic E-state index is 14.0. The first kappa shape index (κ1) is 28.4. The standard InChI is InChI=1S/C33H38N4O4/c1-6-40-30-18-26-12-14-36-28(27(26)19-29(30)39-5)20-31(35-32-23(3)16-22(2)17-24(32)4)37(33(36)38)15-13-34-41-21-25-10-8-7-9-11-25/h7-11,16-20,34H,6,12-15,21H2,1-5H3/b35-31+. The number of fused-ring (bicyclic) bond motifs is 3. The minimum absolute atomic E-state index is 0.105. The van der Waals surface area contributed by atoms with E-state index >= 15 is 0 Å². The Balaban J connectivity index is 1.56. The molecule has 41 heavy (non-hydrogen) atoms. The molecule has 1 N–H and O–H groups in total. The lowest BCUT2D eigenvalue weighted by Crippen LogP contribution is -2.43. The molecule has 1 aliphatic heterocycles. The summed E-state index contributed by atoms with van der Waals surface area (Å²) in [6, 6.07) is 20.2. The van der Waals surface area contributed by atoms with Crippen LogP contribution in [0.1, 0.15) is 34.7 Å². The summed E-state index contributed by atoms with van der Waals surface area (Å²) in [6.45, 7) is 10.6. The van der Waals surface area contributed by atoms with Crippen molar-refractivity contribution in [1.82, 2.24) is 14.6 Å². The fourth-order valence-electron chi connectivity index (χ4n) is 5.48. The molecule has 0 amide bonds. The molecule has 0 radical (unpaired) electrons. The normalized spacial score (nSPS) is 12.7. The van der Waals surface area contributed by atoms with Gasteiger partial charge in [-0.25, -0.2) is 15.3 Å². The first-order valence-corrected chi connectivity index (χ1v) is 14.1. The van der Waals surface area contributed by atoms with Gasteiger partial charge >= 0.3 is 5.69 Å². The van der Waals surface area contributed by atoms with E-state index in [1.54, 1.807) is 11.7 Å². The molecule has 0 saturated carbocycles. The van der Waals surface area contributed by atoms with Crippen LogP contribution in [0.15, 0.2) is 70.5 Å². The number of nitrogens with zero attached hydrogens (tertiary/aromatic N) is 3. The van der Waals surface area contributed by atoms with Crippen molar-refractivity contribution in [3.63, 3.8) is 0 Å². The van der Waals surface area contributed by atoms with Crippen LogP contribution in [0.2, 0.25) is 0 Å². The van der Waals surface area contributed by atoms with Gasteiger partial charge in [0, 0.05) is 31.3 Å². The van der Waals surface area contributed by atoms with Crippen molar-refractivity contribution in [2.75, 3.05) is 20.3 Å². The van der Waals surface area contributed by atoms with Crippen LogP contribution in [0.4, 0.5) is 5.69 Å². The molecule has 0 fully saturated rings. The number of aryl methyl sites for hydroxylation is 4. The number of rotatable bonds is 10. The van der Waals surface area contributed by atoms with Crippen molar-refractivity contribution < 1.29 is 14.3 Å². The topological polar surface area (TPSA) is 79.0 Å². The van der Waals surface area contributed by atoms with E-state index in [0.717, 1.165) is 45.6 Å². The Morgan fingerprint density at radius 1 is 0.976 bits per heavy atom. The van der Waals surface area contributed by atoms with Crippen molar-refractivity contribution in [1.29, 1.82) is 0 Å². The fourth-order valence-corrected chi connectivity index (χ4v) is 5.48. The number of methoxy groups -OCH3 is 1. The Morgan fingerprint density at radius 2 is 1.73 bits per heavy atom. The molecule has 5 rings (SSSR count). The van der Waals surface area contributed by atoms with Gasteiger partial charge in [-0.2, -0.15) is 0 Å². The maximum Gasteiger partial charge on any atom is 0.330 e. The quantitative estimate of drug-likeness (QED) is 0.216. The second-order valence-electron chi connectivity index (χ2n) is 10.3. The molecule has 0 spiro atoms. The lowest BCUT2D eigenvalue weighted by Gasteiger charge is -2.25. The summed E-state index contributed by atoms with van der Waals surface area (Å²) in [5.41, 5.74) is 11.7. The van der Waals surface area contributed by atoms with Gasteiger partial charge in [0.2, 0.25) is 0 Å². The molecule has 3 aromatic carbocycles. The Labute approximate surface area is 240 Å². The van der Waals surface area contributed by atoms with E-state index in [1.165, 1.54) is 5.56 Å². The summed E-state index contributed by atoms with van der Waals surface area (Å²) in [5, 5.41) is 0. The number of hydroxylamine groups is 1. The van der Waals surface area contributed by atoms with Gasteiger partial charge < -0.3 is 9.47 Å². The van der Waals surface area contributed by atoms with E-state index < -0.39 is 0 Å². The Morgan fingerprint density at radius 3 is 2.44 bits per heavy atom. The first-order valence-electron chi connectivity index (χ1n) is 14.1. The van der Waals surface area contributed by atoms with Crippen LogP contribution in [0.3, 0.4) is 0 Å². The lowest BCUT2D eigenvalue weighted by molar-refractivity contribution is 0.0259. The van der Waals surface area contributed by atoms with Crippen LogP contribution < -0.4 is 26.1 Å². The highest BCUT2D eigenvalue weighted by Crippen LogP contribution is 2.37. The molecular formula is C33H38N4O4. The molecule has 0 unspecified atom stereocenters. The third-order valence-electron chi connectivity index (χ3n) is 7.35. The van der Waals surface area contributed by atoms with Crippen molar-refractivity contribution in [2.24, 2.45) is 4.99 Å². The zero-order chi connectivity index (χ0) is 28.9. The van der Waals surface area contributed by atoms with Gasteiger partial charge in [0.05, 0.1) is 31.7 Å². The molecule has 0 bridgehead atoms. The second-order valence-corrected chi connectivity index (χ2v) is 10.3. The van der Waals surface area contributed by atoms with Crippen LogP contribution in [0.25, 0.3) is 11.3 Å². The molecule has 8 heteroatoms. The highest BCUT2D eigenvalue weighted by Gasteiger charge is 2.22. The Hall–Kier alpha value is -4.14. The highest BCUT2D eigenvalue weighted by molar-refractivity contribution is 5.70. The first-order chi connectivity index (χ1) is 19.9. The van der Waals surface area contributed by atoms with Gasteiger partial charge in [0.15, 0.2) is 11.5 Å². The molecule has 8 nitrogen and oxygen atoms in total. The smallest absolute Gasteiger partial charge is 0.330 e. The molecule has 214 valence electrons. The molecule has 0 saturated heterocycles. The monoisotopic (exact) mass is 554 g/mol. The Bertz CT molecular complexity index is 1650. The number of ether oxygens (including phenoxy) is 2. The SMILES string of the molecule is CCOc1cc2c(cc1OC)-c1c/c(=N\c3c(C)cc(C)cc3C)n(CCNOCc3ccccc3)c(=O)n1CC2. The maximum absolute atomic E-state index is 14.0. The summed E-state index contributed by atoms with van der Waals surface area (Å²) in [7, 11) is 1.63. The Kier molecular flexibility index (Phi) is 8.71. The van der Waals surface area contributed by atoms with Gasteiger partial charge in [-0.3, -0.25) is 14.0 Å². The van der Waals surface area contributed by atoms with Gasteiger partial charge in [-0.1, -0.05) is 48.0 Å². The van der Waals surface area contributed by atoms with Crippen LogP contribution >= 0.6 is 0 Å². The number of benzene rings is 3. The summed E-state index contributed by atoms with van der Waals surface area (Å²) in [6.07, 6.45) is 0.720. The van der Waals surface area contributed by atoms with Crippen LogP contribution in [0, 0.1) is 20.8 Å². The second kappa shape index (κ2) is 12.6. The van der Waals surface area contributed by atoms with Gasteiger partial charge in [0.1, 0.15) is 5.49 Å². The van der Waals surface area contributed by atoms with Crippen molar-refractivity contribution in [2.45, 2.75) is 53.8 Å².